The number of benzene rings is 1. The number of nitro groups is 1. The number of nitrogens with one attached hydrogen (secondary N) is 1. The van der Waals surface area contributed by atoms with E-state index in [2.05, 4.69) is 4.72 Å². The summed E-state index contributed by atoms with van der Waals surface area (Å²) in [5.74, 6) is 0. The van der Waals surface area contributed by atoms with Gasteiger partial charge in [-0.05, 0) is 31.0 Å². The van der Waals surface area contributed by atoms with E-state index in [9.17, 15) is 18.5 Å². The summed E-state index contributed by atoms with van der Waals surface area (Å²) < 4.78 is 31.4. The SMILES string of the molecule is Cc1cc([N+](=O)[O-])c(S(=O)(=O)NCCOCCO)cc1C. The van der Waals surface area contributed by atoms with Gasteiger partial charge in [0.2, 0.25) is 10.0 Å². The van der Waals surface area contributed by atoms with Crippen molar-refractivity contribution in [1.82, 2.24) is 4.72 Å². The minimum atomic E-state index is -4.00. The van der Waals surface area contributed by atoms with Crippen molar-refractivity contribution in [1.29, 1.82) is 0 Å². The fourth-order valence-corrected chi connectivity index (χ4v) is 2.87. The lowest BCUT2D eigenvalue weighted by molar-refractivity contribution is -0.387. The Morgan fingerprint density at radius 2 is 1.90 bits per heavy atom. The molecule has 0 amide bonds. The molecule has 0 aromatic heterocycles. The van der Waals surface area contributed by atoms with Gasteiger partial charge < -0.3 is 9.84 Å². The number of aliphatic hydroxyl groups is 1. The molecule has 0 spiro atoms. The Kier molecular flexibility index (Phi) is 6.21. The number of sulfonamides is 1. The molecule has 2 N–H and O–H groups in total. The van der Waals surface area contributed by atoms with E-state index in [1.165, 1.54) is 12.1 Å². The molecular formula is C12H18N2O6S. The van der Waals surface area contributed by atoms with Crippen molar-refractivity contribution < 1.29 is 23.2 Å². The van der Waals surface area contributed by atoms with Gasteiger partial charge in [0.05, 0.1) is 24.7 Å². The molecule has 0 radical (unpaired) electrons. The van der Waals surface area contributed by atoms with Gasteiger partial charge in [-0.15, -0.1) is 0 Å². The zero-order valence-electron chi connectivity index (χ0n) is 11.8. The molecule has 118 valence electrons. The molecule has 0 unspecified atom stereocenters. The molecule has 0 saturated heterocycles. The molecular weight excluding hydrogens is 300 g/mol. The Morgan fingerprint density at radius 3 is 2.48 bits per heavy atom. The fraction of sp³-hybridized carbons (Fsp3) is 0.500. The Bertz CT molecular complexity index is 614. The van der Waals surface area contributed by atoms with Crippen LogP contribution in [0.5, 0.6) is 0 Å². The largest absolute Gasteiger partial charge is 0.394 e. The van der Waals surface area contributed by atoms with Gasteiger partial charge in [-0.25, -0.2) is 13.1 Å². The third kappa shape index (κ3) is 4.74. The van der Waals surface area contributed by atoms with E-state index < -0.39 is 20.6 Å². The summed E-state index contributed by atoms with van der Waals surface area (Å²) in [6, 6.07) is 2.52. The quantitative estimate of drug-likeness (QED) is 0.409. The summed E-state index contributed by atoms with van der Waals surface area (Å²) in [4.78, 5) is 9.93. The van der Waals surface area contributed by atoms with Crippen molar-refractivity contribution in [3.63, 3.8) is 0 Å². The lowest BCUT2D eigenvalue weighted by Gasteiger charge is -2.09. The lowest BCUT2D eigenvalue weighted by Crippen LogP contribution is -2.28. The first-order valence-corrected chi connectivity index (χ1v) is 7.72. The van der Waals surface area contributed by atoms with Crippen LogP contribution in [0.1, 0.15) is 11.1 Å². The van der Waals surface area contributed by atoms with E-state index in [4.69, 9.17) is 9.84 Å². The first-order valence-electron chi connectivity index (χ1n) is 6.23. The minimum absolute atomic E-state index is 0.0353. The Morgan fingerprint density at radius 1 is 1.29 bits per heavy atom. The van der Waals surface area contributed by atoms with Gasteiger partial charge >= 0.3 is 0 Å². The Hall–Kier alpha value is -1.55. The van der Waals surface area contributed by atoms with Crippen LogP contribution in [0.25, 0.3) is 0 Å². The monoisotopic (exact) mass is 318 g/mol. The van der Waals surface area contributed by atoms with Gasteiger partial charge in [0.25, 0.3) is 5.69 Å². The molecule has 8 nitrogen and oxygen atoms in total. The number of aliphatic hydroxyl groups excluding tert-OH is 1. The normalized spacial score (nSPS) is 11.6. The van der Waals surface area contributed by atoms with E-state index >= 15 is 0 Å². The molecule has 9 heteroatoms. The maximum atomic E-state index is 12.1. The van der Waals surface area contributed by atoms with Crippen LogP contribution in [0.3, 0.4) is 0 Å². The van der Waals surface area contributed by atoms with Crippen LogP contribution in [0.4, 0.5) is 5.69 Å². The highest BCUT2D eigenvalue weighted by Gasteiger charge is 2.26. The maximum absolute atomic E-state index is 12.1. The van der Waals surface area contributed by atoms with Crippen molar-refractivity contribution in [2.45, 2.75) is 18.7 Å². The van der Waals surface area contributed by atoms with Crippen molar-refractivity contribution in [3.05, 3.63) is 33.4 Å². The van der Waals surface area contributed by atoms with E-state index in [-0.39, 0.29) is 31.3 Å². The molecule has 0 aliphatic rings. The summed E-state index contributed by atoms with van der Waals surface area (Å²) in [6.07, 6.45) is 0. The van der Waals surface area contributed by atoms with E-state index in [1.54, 1.807) is 13.8 Å². The summed E-state index contributed by atoms with van der Waals surface area (Å²) >= 11 is 0. The van der Waals surface area contributed by atoms with Gasteiger partial charge in [-0.2, -0.15) is 0 Å². The second kappa shape index (κ2) is 7.46. The van der Waals surface area contributed by atoms with Crippen molar-refractivity contribution in [2.24, 2.45) is 0 Å². The fourth-order valence-electron chi connectivity index (χ4n) is 1.62. The van der Waals surface area contributed by atoms with E-state index in [0.717, 1.165) is 0 Å². The standard InChI is InChI=1S/C12H18N2O6S/c1-9-7-11(14(16)17)12(8-10(9)2)21(18,19)13-3-5-20-6-4-15/h7-8,13,15H,3-6H2,1-2H3. The second-order valence-electron chi connectivity index (χ2n) is 4.40. The van der Waals surface area contributed by atoms with E-state index in [1.807, 2.05) is 0 Å². The van der Waals surface area contributed by atoms with Crippen LogP contribution in [0, 0.1) is 24.0 Å². The average molecular weight is 318 g/mol. The number of hydrogen-bond donors (Lipinski definition) is 2. The van der Waals surface area contributed by atoms with Crippen LogP contribution in [-0.4, -0.2) is 44.8 Å². The zero-order chi connectivity index (χ0) is 16.0. The lowest BCUT2D eigenvalue weighted by atomic mass is 10.1. The van der Waals surface area contributed by atoms with Gasteiger partial charge in [-0.3, -0.25) is 10.1 Å². The Balaban J connectivity index is 2.97. The smallest absolute Gasteiger partial charge is 0.289 e. The minimum Gasteiger partial charge on any atom is -0.394 e. The maximum Gasteiger partial charge on any atom is 0.289 e. The third-order valence-electron chi connectivity index (χ3n) is 2.84. The molecule has 1 rings (SSSR count). The predicted molar refractivity (Wildman–Crippen MR) is 75.7 cm³/mol. The number of hydrogen-bond acceptors (Lipinski definition) is 6. The summed E-state index contributed by atoms with van der Waals surface area (Å²) in [5, 5.41) is 19.5. The van der Waals surface area contributed by atoms with Crippen molar-refractivity contribution in [3.8, 4) is 0 Å². The number of ether oxygens (including phenoxy) is 1. The molecule has 0 aliphatic heterocycles. The van der Waals surface area contributed by atoms with Crippen LogP contribution in [0.15, 0.2) is 17.0 Å². The number of nitrogens with zero attached hydrogens (tertiary/aromatic N) is 1. The molecule has 0 aliphatic carbocycles. The number of rotatable bonds is 8. The molecule has 1 aromatic rings. The highest BCUT2D eigenvalue weighted by Crippen LogP contribution is 2.26. The molecule has 0 heterocycles. The van der Waals surface area contributed by atoms with Crippen LogP contribution in [-0.2, 0) is 14.8 Å². The second-order valence-corrected chi connectivity index (χ2v) is 6.13. The summed E-state index contributed by atoms with van der Waals surface area (Å²) in [6.45, 7) is 3.34. The summed E-state index contributed by atoms with van der Waals surface area (Å²) in [5.41, 5.74) is 0.839. The van der Waals surface area contributed by atoms with Crippen LogP contribution in [0.2, 0.25) is 0 Å². The molecule has 0 bridgehead atoms. The molecule has 21 heavy (non-hydrogen) atoms. The van der Waals surface area contributed by atoms with Gasteiger partial charge in [-0.1, -0.05) is 0 Å². The highest BCUT2D eigenvalue weighted by molar-refractivity contribution is 7.89. The predicted octanol–water partition coefficient (Wildman–Crippen LogP) is 0.499. The van der Waals surface area contributed by atoms with Gasteiger partial charge in [0.1, 0.15) is 0 Å². The number of aryl methyl sites for hydroxylation is 2. The van der Waals surface area contributed by atoms with E-state index in [0.29, 0.717) is 11.1 Å². The third-order valence-corrected chi connectivity index (χ3v) is 4.33. The first-order chi connectivity index (χ1) is 9.79. The van der Waals surface area contributed by atoms with Crippen molar-refractivity contribution >= 4 is 15.7 Å². The Labute approximate surface area is 122 Å². The highest BCUT2D eigenvalue weighted by atomic mass is 32.2. The molecule has 0 saturated carbocycles. The van der Waals surface area contributed by atoms with Crippen LogP contribution < -0.4 is 4.72 Å². The number of nitro benzene ring substituents is 1. The molecule has 0 fully saturated rings. The van der Waals surface area contributed by atoms with Crippen molar-refractivity contribution in [2.75, 3.05) is 26.4 Å². The van der Waals surface area contributed by atoms with Gasteiger partial charge in [0.15, 0.2) is 4.90 Å². The topological polar surface area (TPSA) is 119 Å². The molecule has 0 atom stereocenters. The zero-order valence-corrected chi connectivity index (χ0v) is 12.6. The summed E-state index contributed by atoms with van der Waals surface area (Å²) in [7, 11) is -4.00. The molecule has 1 aromatic carbocycles. The first kappa shape index (κ1) is 17.5. The van der Waals surface area contributed by atoms with Crippen LogP contribution >= 0.6 is 0 Å². The average Bonchev–Trinajstić information content (AvgIpc) is 2.40. The van der Waals surface area contributed by atoms with Gasteiger partial charge in [0, 0.05) is 12.6 Å².